The molecular weight excluding hydrogens is 294 g/mol. The summed E-state index contributed by atoms with van der Waals surface area (Å²) in [4.78, 5) is 25.5. The summed E-state index contributed by atoms with van der Waals surface area (Å²) >= 11 is 0. The van der Waals surface area contributed by atoms with Crippen LogP contribution in [-0.2, 0) is 0 Å². The van der Waals surface area contributed by atoms with Gasteiger partial charge in [0, 0.05) is 36.1 Å². The van der Waals surface area contributed by atoms with Crippen LogP contribution in [0.4, 0.5) is 16.2 Å². The smallest absolute Gasteiger partial charge is 0.321 e. The van der Waals surface area contributed by atoms with Crippen molar-refractivity contribution in [3.63, 3.8) is 0 Å². The average molecular weight is 311 g/mol. The minimum atomic E-state index is -0.236. The molecule has 2 aromatic rings. The zero-order valence-electron chi connectivity index (χ0n) is 12.5. The lowest BCUT2D eigenvalue weighted by Crippen LogP contribution is -2.27. The van der Waals surface area contributed by atoms with E-state index in [4.69, 9.17) is 0 Å². The summed E-state index contributed by atoms with van der Waals surface area (Å²) < 4.78 is 0. The lowest BCUT2D eigenvalue weighted by molar-refractivity contribution is 0.102. The van der Waals surface area contributed by atoms with Gasteiger partial charge in [-0.3, -0.25) is 14.8 Å². The van der Waals surface area contributed by atoms with E-state index in [9.17, 15) is 9.59 Å². The lowest BCUT2D eigenvalue weighted by Gasteiger charge is -2.14. The highest BCUT2D eigenvalue weighted by Crippen LogP contribution is 2.39. The highest BCUT2D eigenvalue weighted by molar-refractivity contribution is 6.03. The number of amides is 3. The molecule has 1 aliphatic carbocycles. The highest BCUT2D eigenvalue weighted by Gasteiger charge is 2.26. The van der Waals surface area contributed by atoms with Gasteiger partial charge in [-0.1, -0.05) is 0 Å². The van der Waals surface area contributed by atoms with Crippen LogP contribution in [0.3, 0.4) is 0 Å². The van der Waals surface area contributed by atoms with Gasteiger partial charge in [-0.15, -0.1) is 0 Å². The Kier molecular flexibility index (Phi) is 3.25. The van der Waals surface area contributed by atoms with Crippen molar-refractivity contribution in [3.8, 4) is 0 Å². The van der Waals surface area contributed by atoms with Gasteiger partial charge >= 0.3 is 6.03 Å². The van der Waals surface area contributed by atoms with Crippen LogP contribution in [0.2, 0.25) is 0 Å². The number of urea groups is 1. The molecule has 4 rings (SSSR count). The Morgan fingerprint density at radius 1 is 1.26 bits per heavy atom. The molecule has 3 amide bonds. The van der Waals surface area contributed by atoms with Crippen LogP contribution < -0.4 is 15.5 Å². The van der Waals surface area contributed by atoms with Gasteiger partial charge in [0.1, 0.15) is 0 Å². The Bertz CT molecular complexity index is 748. The van der Waals surface area contributed by atoms with E-state index in [-0.39, 0.29) is 11.9 Å². The zero-order chi connectivity index (χ0) is 15.8. The summed E-state index contributed by atoms with van der Waals surface area (Å²) in [5.41, 5.74) is 2.92. The molecule has 23 heavy (non-hydrogen) atoms. The van der Waals surface area contributed by atoms with Crippen LogP contribution >= 0.6 is 0 Å². The molecule has 1 aromatic carbocycles. The molecule has 2 heterocycles. The molecular formula is C16H17N5O2. The first-order valence-electron chi connectivity index (χ1n) is 7.73. The van der Waals surface area contributed by atoms with Crippen molar-refractivity contribution in [2.24, 2.45) is 0 Å². The van der Waals surface area contributed by atoms with Gasteiger partial charge in [0.05, 0.1) is 0 Å². The highest BCUT2D eigenvalue weighted by atomic mass is 16.2. The van der Waals surface area contributed by atoms with E-state index in [0.717, 1.165) is 24.2 Å². The Balaban J connectivity index is 1.43. The third-order valence-corrected chi connectivity index (χ3v) is 4.14. The number of nitrogens with zero attached hydrogens (tertiary/aromatic N) is 2. The average Bonchev–Trinajstić information content (AvgIpc) is 3.12. The van der Waals surface area contributed by atoms with Crippen molar-refractivity contribution in [2.75, 3.05) is 23.3 Å². The van der Waals surface area contributed by atoms with Crippen LogP contribution in [0.25, 0.3) is 0 Å². The number of hydrogen-bond acceptors (Lipinski definition) is 3. The number of rotatable bonds is 4. The fraction of sp³-hybridized carbons (Fsp3) is 0.312. The minimum absolute atomic E-state index is 0.0917. The molecule has 0 atom stereocenters. The van der Waals surface area contributed by atoms with E-state index < -0.39 is 0 Å². The molecule has 2 aliphatic rings. The normalized spacial score (nSPS) is 17.2. The lowest BCUT2D eigenvalue weighted by atomic mass is 10.2. The van der Waals surface area contributed by atoms with Crippen molar-refractivity contribution < 1.29 is 9.59 Å². The number of aromatic amines is 1. The number of anilines is 2. The molecule has 7 nitrogen and oxygen atoms in total. The van der Waals surface area contributed by atoms with Gasteiger partial charge in [0.25, 0.3) is 5.91 Å². The van der Waals surface area contributed by atoms with Gasteiger partial charge in [-0.25, -0.2) is 4.79 Å². The maximum atomic E-state index is 12.2. The molecule has 2 fully saturated rings. The Morgan fingerprint density at radius 2 is 2.04 bits per heavy atom. The van der Waals surface area contributed by atoms with Gasteiger partial charge in [0.15, 0.2) is 5.69 Å². The number of carbonyl (C=O) groups excluding carboxylic acids is 2. The second-order valence-corrected chi connectivity index (χ2v) is 5.87. The maximum Gasteiger partial charge on any atom is 0.321 e. The summed E-state index contributed by atoms with van der Waals surface area (Å²) in [6, 6.07) is 8.93. The predicted octanol–water partition coefficient (Wildman–Crippen LogP) is 2.07. The molecule has 7 heteroatoms. The van der Waals surface area contributed by atoms with Crippen molar-refractivity contribution in [3.05, 3.63) is 41.7 Å². The van der Waals surface area contributed by atoms with E-state index in [1.54, 1.807) is 17.0 Å². The largest absolute Gasteiger partial charge is 0.336 e. The number of nitrogens with one attached hydrogen (secondary N) is 3. The van der Waals surface area contributed by atoms with Crippen molar-refractivity contribution in [1.82, 2.24) is 15.5 Å². The fourth-order valence-electron chi connectivity index (χ4n) is 2.69. The summed E-state index contributed by atoms with van der Waals surface area (Å²) in [5, 5.41) is 12.6. The van der Waals surface area contributed by atoms with Crippen LogP contribution in [0.1, 0.15) is 34.9 Å². The summed E-state index contributed by atoms with van der Waals surface area (Å²) in [6.07, 6.45) is 2.32. The first kappa shape index (κ1) is 13.8. The monoisotopic (exact) mass is 311 g/mol. The second kappa shape index (κ2) is 5.42. The standard InChI is InChI=1S/C16H17N5O2/c22-15(14-9-13(19-20-14)10-1-2-10)18-11-3-5-12(6-4-11)21-8-7-17-16(21)23/h3-6,9-10H,1-2,7-8H2,(H,17,23)(H,18,22)(H,19,20). The molecule has 1 aromatic heterocycles. The van der Waals surface area contributed by atoms with E-state index in [1.165, 1.54) is 0 Å². The minimum Gasteiger partial charge on any atom is -0.336 e. The number of carbonyl (C=O) groups is 2. The molecule has 1 saturated carbocycles. The second-order valence-electron chi connectivity index (χ2n) is 5.87. The molecule has 0 unspecified atom stereocenters. The predicted molar refractivity (Wildman–Crippen MR) is 85.7 cm³/mol. The molecule has 0 spiro atoms. The quantitative estimate of drug-likeness (QED) is 0.807. The molecule has 0 bridgehead atoms. The number of benzene rings is 1. The third kappa shape index (κ3) is 2.77. The van der Waals surface area contributed by atoms with Gasteiger partial charge in [-0.2, -0.15) is 5.10 Å². The number of H-pyrrole nitrogens is 1. The van der Waals surface area contributed by atoms with E-state index in [1.807, 2.05) is 18.2 Å². The van der Waals surface area contributed by atoms with Crippen molar-refractivity contribution in [2.45, 2.75) is 18.8 Å². The van der Waals surface area contributed by atoms with Gasteiger partial charge < -0.3 is 10.6 Å². The Labute approximate surface area is 133 Å². The van der Waals surface area contributed by atoms with Crippen LogP contribution in [0.5, 0.6) is 0 Å². The third-order valence-electron chi connectivity index (χ3n) is 4.14. The van der Waals surface area contributed by atoms with E-state index in [2.05, 4.69) is 20.8 Å². The zero-order valence-corrected chi connectivity index (χ0v) is 12.5. The van der Waals surface area contributed by atoms with Crippen LogP contribution in [0.15, 0.2) is 30.3 Å². The summed E-state index contributed by atoms with van der Waals surface area (Å²) in [6.45, 7) is 1.31. The molecule has 0 radical (unpaired) electrons. The van der Waals surface area contributed by atoms with Crippen molar-refractivity contribution in [1.29, 1.82) is 0 Å². The topological polar surface area (TPSA) is 90.1 Å². The van der Waals surface area contributed by atoms with Gasteiger partial charge in [0.2, 0.25) is 0 Å². The van der Waals surface area contributed by atoms with E-state index in [0.29, 0.717) is 30.4 Å². The Hall–Kier alpha value is -2.83. The first-order valence-corrected chi connectivity index (χ1v) is 7.73. The number of hydrogen-bond donors (Lipinski definition) is 3. The molecule has 118 valence electrons. The SMILES string of the molecule is O=C(Nc1ccc(N2CCNC2=O)cc1)c1cc(C2CC2)[nH]n1. The Morgan fingerprint density at radius 3 is 2.70 bits per heavy atom. The summed E-state index contributed by atoms with van der Waals surface area (Å²) in [5.74, 6) is 0.301. The van der Waals surface area contributed by atoms with Crippen LogP contribution in [0, 0.1) is 0 Å². The maximum absolute atomic E-state index is 12.2. The molecule has 1 aliphatic heterocycles. The first-order chi connectivity index (χ1) is 11.2. The fourth-order valence-corrected chi connectivity index (χ4v) is 2.69. The van der Waals surface area contributed by atoms with E-state index >= 15 is 0 Å². The number of aromatic nitrogens is 2. The van der Waals surface area contributed by atoms with Gasteiger partial charge in [-0.05, 0) is 43.2 Å². The molecule has 1 saturated heterocycles. The molecule has 3 N–H and O–H groups in total. The van der Waals surface area contributed by atoms with Crippen LogP contribution in [-0.4, -0.2) is 35.2 Å². The van der Waals surface area contributed by atoms with Crippen molar-refractivity contribution >= 4 is 23.3 Å². The summed E-state index contributed by atoms with van der Waals surface area (Å²) in [7, 11) is 0.